The van der Waals surface area contributed by atoms with Crippen LogP contribution in [0.25, 0.3) is 0 Å². The van der Waals surface area contributed by atoms with Crippen molar-refractivity contribution in [3.8, 4) is 0 Å². The average molecular weight is 363 g/mol. The Balaban J connectivity index is 2.09. The molecule has 0 aliphatic carbocycles. The van der Waals surface area contributed by atoms with Gasteiger partial charge >= 0.3 is 11.8 Å². The summed E-state index contributed by atoms with van der Waals surface area (Å²) >= 11 is 0. The van der Waals surface area contributed by atoms with Gasteiger partial charge in [0.05, 0.1) is 0 Å². The first-order valence-electron chi connectivity index (χ1n) is 9.05. The van der Waals surface area contributed by atoms with E-state index in [0.717, 1.165) is 5.56 Å². The fraction of sp³-hybridized carbons (Fsp3) is 0.526. The van der Waals surface area contributed by atoms with E-state index in [4.69, 9.17) is 0 Å². The molecule has 0 unspecified atom stereocenters. The fourth-order valence-corrected chi connectivity index (χ4v) is 3.22. The molecule has 1 aromatic carbocycles. The van der Waals surface area contributed by atoms with Crippen LogP contribution in [0.2, 0.25) is 0 Å². The van der Waals surface area contributed by atoms with Crippen LogP contribution in [0, 0.1) is 5.82 Å². The molecule has 2 rings (SSSR count). The first-order valence-corrected chi connectivity index (χ1v) is 9.05. The second kappa shape index (κ2) is 8.78. The molecule has 0 radical (unpaired) electrons. The highest BCUT2D eigenvalue weighted by Gasteiger charge is 2.39. The lowest BCUT2D eigenvalue weighted by atomic mass is 10.1. The molecule has 1 aromatic rings. The van der Waals surface area contributed by atoms with Gasteiger partial charge in [-0.15, -0.1) is 0 Å². The highest BCUT2D eigenvalue weighted by Crippen LogP contribution is 2.16. The predicted octanol–water partition coefficient (Wildman–Crippen LogP) is 1.64. The summed E-state index contributed by atoms with van der Waals surface area (Å²) in [7, 11) is 0. The van der Waals surface area contributed by atoms with Crippen LogP contribution in [0.1, 0.15) is 32.8 Å². The molecule has 1 atom stereocenters. The summed E-state index contributed by atoms with van der Waals surface area (Å²) in [4.78, 5) is 42.3. The smallest absolute Gasteiger partial charge is 0.312 e. The quantitative estimate of drug-likeness (QED) is 0.692. The number of rotatable bonds is 7. The van der Waals surface area contributed by atoms with Crippen LogP contribution in [0.5, 0.6) is 0 Å². The van der Waals surface area contributed by atoms with E-state index in [0.29, 0.717) is 32.6 Å². The molecule has 0 bridgehead atoms. The van der Waals surface area contributed by atoms with Gasteiger partial charge in [-0.2, -0.15) is 0 Å². The summed E-state index contributed by atoms with van der Waals surface area (Å²) in [5.41, 5.74) is 0.757. The fourth-order valence-electron chi connectivity index (χ4n) is 3.22. The van der Waals surface area contributed by atoms with Crippen molar-refractivity contribution in [1.82, 2.24) is 14.7 Å². The van der Waals surface area contributed by atoms with Gasteiger partial charge in [0.25, 0.3) is 0 Å². The Morgan fingerprint density at radius 2 is 1.69 bits per heavy atom. The third kappa shape index (κ3) is 4.20. The molecule has 0 spiro atoms. The SMILES string of the molecule is CC[C@@H](C(=O)N(CC)CC)N1CCN(Cc2ccc(F)cc2)C(=O)C1=O. The monoisotopic (exact) mass is 363 g/mol. The van der Waals surface area contributed by atoms with Crippen LogP contribution >= 0.6 is 0 Å². The maximum Gasteiger partial charge on any atom is 0.312 e. The number of carbonyl (C=O) groups is 3. The Labute approximate surface area is 153 Å². The highest BCUT2D eigenvalue weighted by molar-refractivity contribution is 6.35. The second-order valence-electron chi connectivity index (χ2n) is 6.29. The van der Waals surface area contributed by atoms with Crippen LogP contribution in [0.3, 0.4) is 0 Å². The molecule has 0 aromatic heterocycles. The van der Waals surface area contributed by atoms with Gasteiger partial charge in [0.1, 0.15) is 11.9 Å². The molecular formula is C19H26FN3O3. The molecule has 0 saturated carbocycles. The summed E-state index contributed by atoms with van der Waals surface area (Å²) < 4.78 is 13.0. The van der Waals surface area contributed by atoms with Crippen LogP contribution in [-0.2, 0) is 20.9 Å². The largest absolute Gasteiger partial charge is 0.341 e. The highest BCUT2D eigenvalue weighted by atomic mass is 19.1. The Bertz CT molecular complexity index is 658. The van der Waals surface area contributed by atoms with E-state index in [1.165, 1.54) is 21.9 Å². The molecule has 1 aliphatic heterocycles. The van der Waals surface area contributed by atoms with E-state index in [1.807, 2.05) is 20.8 Å². The number of hydrogen-bond donors (Lipinski definition) is 0. The Hall–Kier alpha value is -2.44. The number of carbonyl (C=O) groups excluding carboxylic acids is 3. The van der Waals surface area contributed by atoms with Gasteiger partial charge < -0.3 is 14.7 Å². The zero-order valence-corrected chi connectivity index (χ0v) is 15.6. The lowest BCUT2D eigenvalue weighted by Gasteiger charge is -2.39. The van der Waals surface area contributed by atoms with E-state index in [9.17, 15) is 18.8 Å². The van der Waals surface area contributed by atoms with Gasteiger partial charge in [-0.25, -0.2) is 4.39 Å². The Kier molecular flexibility index (Phi) is 6.71. The predicted molar refractivity (Wildman–Crippen MR) is 95.5 cm³/mol. The van der Waals surface area contributed by atoms with Gasteiger partial charge in [-0.1, -0.05) is 19.1 Å². The summed E-state index contributed by atoms with van der Waals surface area (Å²) in [5.74, 6) is -1.73. The third-order valence-electron chi connectivity index (χ3n) is 4.75. The van der Waals surface area contributed by atoms with Crippen LogP contribution in [0.4, 0.5) is 4.39 Å². The minimum atomic E-state index is -0.647. The lowest BCUT2D eigenvalue weighted by Crippen LogP contribution is -2.60. The van der Waals surface area contributed by atoms with E-state index >= 15 is 0 Å². The molecular weight excluding hydrogens is 337 g/mol. The summed E-state index contributed by atoms with van der Waals surface area (Å²) in [6, 6.07) is 5.23. The third-order valence-corrected chi connectivity index (χ3v) is 4.75. The average Bonchev–Trinajstić information content (AvgIpc) is 2.64. The minimum absolute atomic E-state index is 0.120. The molecule has 26 heavy (non-hydrogen) atoms. The van der Waals surface area contributed by atoms with Crippen molar-refractivity contribution in [3.05, 3.63) is 35.6 Å². The first kappa shape index (κ1) is 19.9. The van der Waals surface area contributed by atoms with E-state index in [-0.39, 0.29) is 18.3 Å². The van der Waals surface area contributed by atoms with Crippen LogP contribution in [-0.4, -0.2) is 64.6 Å². The maximum atomic E-state index is 13.0. The number of piperazine rings is 1. The molecule has 7 heteroatoms. The number of halogens is 1. The van der Waals surface area contributed by atoms with Gasteiger partial charge in [-0.3, -0.25) is 14.4 Å². The van der Waals surface area contributed by atoms with Crippen molar-refractivity contribution in [3.63, 3.8) is 0 Å². The Morgan fingerprint density at radius 1 is 1.08 bits per heavy atom. The number of hydrogen-bond acceptors (Lipinski definition) is 3. The van der Waals surface area contributed by atoms with Crippen LogP contribution < -0.4 is 0 Å². The number of nitrogens with zero attached hydrogens (tertiary/aromatic N) is 3. The molecule has 1 heterocycles. The molecule has 142 valence electrons. The van der Waals surface area contributed by atoms with Gasteiger partial charge in [0.15, 0.2) is 0 Å². The van der Waals surface area contributed by atoms with Crippen molar-refractivity contribution >= 4 is 17.7 Å². The van der Waals surface area contributed by atoms with Crippen LogP contribution in [0.15, 0.2) is 24.3 Å². The van der Waals surface area contributed by atoms with Crippen molar-refractivity contribution in [1.29, 1.82) is 0 Å². The zero-order valence-electron chi connectivity index (χ0n) is 15.6. The van der Waals surface area contributed by atoms with E-state index < -0.39 is 17.9 Å². The molecule has 1 saturated heterocycles. The number of amides is 3. The van der Waals surface area contributed by atoms with Gasteiger partial charge in [0.2, 0.25) is 5.91 Å². The molecule has 6 nitrogen and oxygen atoms in total. The topological polar surface area (TPSA) is 60.9 Å². The minimum Gasteiger partial charge on any atom is -0.341 e. The number of likely N-dealkylation sites (N-methyl/N-ethyl adjacent to an activating group) is 1. The molecule has 1 aliphatic rings. The zero-order chi connectivity index (χ0) is 19.3. The standard InChI is InChI=1S/C19H26FN3O3/c1-4-16(17(24)21(5-2)6-3)23-12-11-22(18(25)19(23)26)13-14-7-9-15(20)10-8-14/h7-10,16H,4-6,11-13H2,1-3H3/t16-/m0/s1. The summed E-state index contributed by atoms with van der Waals surface area (Å²) in [6.07, 6.45) is 0.465. The maximum absolute atomic E-state index is 13.0. The normalized spacial score (nSPS) is 16.0. The molecule has 3 amide bonds. The summed E-state index contributed by atoms with van der Waals surface area (Å²) in [6.45, 7) is 7.68. The van der Waals surface area contributed by atoms with Crippen molar-refractivity contribution in [2.24, 2.45) is 0 Å². The summed E-state index contributed by atoms with van der Waals surface area (Å²) in [5, 5.41) is 0. The van der Waals surface area contributed by atoms with E-state index in [1.54, 1.807) is 17.0 Å². The van der Waals surface area contributed by atoms with E-state index in [2.05, 4.69) is 0 Å². The first-order chi connectivity index (χ1) is 12.4. The second-order valence-corrected chi connectivity index (χ2v) is 6.29. The van der Waals surface area contributed by atoms with Gasteiger partial charge in [0, 0.05) is 32.7 Å². The Morgan fingerprint density at radius 3 is 2.23 bits per heavy atom. The van der Waals surface area contributed by atoms with Crippen molar-refractivity contribution in [2.75, 3.05) is 26.2 Å². The lowest BCUT2D eigenvalue weighted by molar-refractivity contribution is -0.161. The van der Waals surface area contributed by atoms with Crippen molar-refractivity contribution in [2.45, 2.75) is 39.8 Å². The molecule has 0 N–H and O–H groups in total. The number of benzene rings is 1. The van der Waals surface area contributed by atoms with Gasteiger partial charge in [-0.05, 0) is 38.0 Å². The molecule has 1 fully saturated rings. The van der Waals surface area contributed by atoms with Crippen molar-refractivity contribution < 1.29 is 18.8 Å².